The van der Waals surface area contributed by atoms with Gasteiger partial charge in [-0.1, -0.05) is 0 Å². The number of hydrogen-bond donors (Lipinski definition) is 0. The van der Waals surface area contributed by atoms with Crippen molar-refractivity contribution in [1.29, 1.82) is 0 Å². The first-order valence-electron chi connectivity index (χ1n) is 5.57. The average Bonchev–Trinajstić information content (AvgIpc) is 2.42. The Hall–Kier alpha value is -1.42. The van der Waals surface area contributed by atoms with E-state index in [9.17, 15) is 4.79 Å². The normalized spacial score (nSPS) is 10.0. The molecule has 1 aromatic rings. The Morgan fingerprint density at radius 1 is 1.11 bits per heavy atom. The van der Waals surface area contributed by atoms with Gasteiger partial charge >= 0.3 is 0 Å². The Bertz CT molecular complexity index is 418. The van der Waals surface area contributed by atoms with E-state index >= 15 is 0 Å². The second-order valence-electron chi connectivity index (χ2n) is 3.60. The highest BCUT2D eigenvalue weighted by Gasteiger charge is 2.19. The van der Waals surface area contributed by atoms with Crippen LogP contribution in [0.25, 0.3) is 0 Å². The summed E-state index contributed by atoms with van der Waals surface area (Å²) in [5, 5.41) is 0. The van der Waals surface area contributed by atoms with Crippen LogP contribution in [0, 0.1) is 0 Å². The molecule has 0 heterocycles. The number of Topliss-reactive ketones (excluding diaryl/α,β-unsaturated/α-hetero) is 1. The van der Waals surface area contributed by atoms with Gasteiger partial charge in [0.2, 0.25) is 5.75 Å². The molecule has 5 heteroatoms. The Labute approximate surface area is 112 Å². The first-order chi connectivity index (χ1) is 8.69. The summed E-state index contributed by atoms with van der Waals surface area (Å²) in [6, 6.07) is 3.37. The number of ether oxygens (including phenoxy) is 3. The molecule has 100 valence electrons. The smallest absolute Gasteiger partial charge is 0.204 e. The Morgan fingerprint density at radius 2 is 1.78 bits per heavy atom. The first kappa shape index (κ1) is 14.6. The molecule has 1 rings (SSSR count). The maximum atomic E-state index is 12.0. The molecular weight excluding hydrogens is 256 g/mol. The zero-order chi connectivity index (χ0) is 13.5. The zero-order valence-corrected chi connectivity index (χ0v) is 11.5. The summed E-state index contributed by atoms with van der Waals surface area (Å²) in [5.74, 6) is 1.80. The van der Waals surface area contributed by atoms with Gasteiger partial charge < -0.3 is 14.2 Å². The number of halogens is 1. The van der Waals surface area contributed by atoms with Crippen molar-refractivity contribution in [3.05, 3.63) is 17.7 Å². The van der Waals surface area contributed by atoms with Gasteiger partial charge in [0, 0.05) is 12.3 Å². The van der Waals surface area contributed by atoms with E-state index in [0.717, 1.165) is 0 Å². The summed E-state index contributed by atoms with van der Waals surface area (Å²) in [7, 11) is 4.54. The second-order valence-corrected chi connectivity index (χ2v) is 3.98. The third kappa shape index (κ3) is 3.07. The van der Waals surface area contributed by atoms with E-state index in [4.69, 9.17) is 25.8 Å². The molecule has 0 spiro atoms. The molecule has 18 heavy (non-hydrogen) atoms. The quantitative estimate of drug-likeness (QED) is 0.565. The summed E-state index contributed by atoms with van der Waals surface area (Å²) in [5.41, 5.74) is 0.486. The van der Waals surface area contributed by atoms with E-state index in [1.54, 1.807) is 12.1 Å². The van der Waals surface area contributed by atoms with Crippen LogP contribution in [0.5, 0.6) is 17.2 Å². The third-order valence-electron chi connectivity index (χ3n) is 2.54. The van der Waals surface area contributed by atoms with E-state index < -0.39 is 0 Å². The number of alkyl halides is 1. The number of rotatable bonds is 7. The minimum Gasteiger partial charge on any atom is -0.493 e. The zero-order valence-electron chi connectivity index (χ0n) is 10.8. The van der Waals surface area contributed by atoms with Gasteiger partial charge in [0.15, 0.2) is 17.3 Å². The highest BCUT2D eigenvalue weighted by molar-refractivity contribution is 6.18. The maximum absolute atomic E-state index is 12.0. The highest BCUT2D eigenvalue weighted by Crippen LogP contribution is 2.40. The molecule has 0 radical (unpaired) electrons. The predicted molar refractivity (Wildman–Crippen MR) is 70.4 cm³/mol. The number of carbonyl (C=O) groups excluding carboxylic acids is 1. The number of methoxy groups -OCH3 is 3. The van der Waals surface area contributed by atoms with Crippen LogP contribution in [0.3, 0.4) is 0 Å². The molecule has 0 aromatic heterocycles. The minimum atomic E-state index is -0.0200. The van der Waals surface area contributed by atoms with Crippen LogP contribution >= 0.6 is 11.6 Å². The van der Waals surface area contributed by atoms with Crippen molar-refractivity contribution in [2.75, 3.05) is 27.2 Å². The highest BCUT2D eigenvalue weighted by atomic mass is 35.5. The SMILES string of the molecule is COc1ccc(C(=O)CCCCl)c(OC)c1OC. The molecule has 0 amide bonds. The molecule has 0 saturated heterocycles. The summed E-state index contributed by atoms with van der Waals surface area (Å²) >= 11 is 5.58. The monoisotopic (exact) mass is 272 g/mol. The van der Waals surface area contributed by atoms with Crippen molar-refractivity contribution in [3.8, 4) is 17.2 Å². The number of hydrogen-bond acceptors (Lipinski definition) is 4. The molecular formula is C13H17ClO4. The lowest BCUT2D eigenvalue weighted by Gasteiger charge is -2.14. The topological polar surface area (TPSA) is 44.8 Å². The molecule has 0 saturated carbocycles. The van der Waals surface area contributed by atoms with Crippen LogP contribution in [0.15, 0.2) is 12.1 Å². The average molecular weight is 273 g/mol. The van der Waals surface area contributed by atoms with Crippen molar-refractivity contribution in [1.82, 2.24) is 0 Å². The van der Waals surface area contributed by atoms with Gasteiger partial charge in [-0.15, -0.1) is 11.6 Å². The van der Waals surface area contributed by atoms with Crippen LogP contribution in [-0.2, 0) is 0 Å². The Morgan fingerprint density at radius 3 is 2.28 bits per heavy atom. The van der Waals surface area contributed by atoms with Crippen molar-refractivity contribution in [3.63, 3.8) is 0 Å². The van der Waals surface area contributed by atoms with Crippen molar-refractivity contribution in [2.24, 2.45) is 0 Å². The molecule has 4 nitrogen and oxygen atoms in total. The lowest BCUT2D eigenvalue weighted by Crippen LogP contribution is -2.05. The van der Waals surface area contributed by atoms with Crippen molar-refractivity contribution < 1.29 is 19.0 Å². The minimum absolute atomic E-state index is 0.0200. The molecule has 0 aliphatic carbocycles. The fourth-order valence-electron chi connectivity index (χ4n) is 1.68. The summed E-state index contributed by atoms with van der Waals surface area (Å²) in [6.45, 7) is 0. The maximum Gasteiger partial charge on any atom is 0.204 e. The van der Waals surface area contributed by atoms with Gasteiger partial charge in [-0.2, -0.15) is 0 Å². The molecule has 0 aliphatic rings. The fraction of sp³-hybridized carbons (Fsp3) is 0.462. The van der Waals surface area contributed by atoms with Gasteiger partial charge in [0.1, 0.15) is 0 Å². The van der Waals surface area contributed by atoms with Crippen LogP contribution in [0.2, 0.25) is 0 Å². The van der Waals surface area contributed by atoms with Crippen LogP contribution in [0.1, 0.15) is 23.2 Å². The van der Waals surface area contributed by atoms with Crippen LogP contribution in [-0.4, -0.2) is 33.0 Å². The standard InChI is InChI=1S/C13H17ClO4/c1-16-11-7-6-9(10(15)5-4-8-14)12(17-2)13(11)18-3/h6-7H,4-5,8H2,1-3H3. The largest absolute Gasteiger partial charge is 0.493 e. The van der Waals surface area contributed by atoms with E-state index in [1.165, 1.54) is 21.3 Å². The van der Waals surface area contributed by atoms with E-state index in [1.807, 2.05) is 0 Å². The Balaban J connectivity index is 3.16. The molecule has 1 aromatic carbocycles. The number of ketones is 1. The summed E-state index contributed by atoms with van der Waals surface area (Å²) in [4.78, 5) is 12.0. The fourth-order valence-corrected chi connectivity index (χ4v) is 1.82. The molecule has 0 unspecified atom stereocenters. The van der Waals surface area contributed by atoms with E-state index in [-0.39, 0.29) is 5.78 Å². The lowest BCUT2D eigenvalue weighted by atomic mass is 10.0. The summed E-state index contributed by atoms with van der Waals surface area (Å²) in [6.07, 6.45) is 1.02. The van der Waals surface area contributed by atoms with Gasteiger partial charge in [-0.05, 0) is 18.6 Å². The van der Waals surface area contributed by atoms with Crippen LogP contribution in [0.4, 0.5) is 0 Å². The van der Waals surface area contributed by atoms with E-state index in [0.29, 0.717) is 41.5 Å². The van der Waals surface area contributed by atoms with E-state index in [2.05, 4.69) is 0 Å². The lowest BCUT2D eigenvalue weighted by molar-refractivity contribution is 0.0978. The van der Waals surface area contributed by atoms with Crippen molar-refractivity contribution >= 4 is 17.4 Å². The second kappa shape index (κ2) is 7.11. The van der Waals surface area contributed by atoms with Gasteiger partial charge in [0.25, 0.3) is 0 Å². The van der Waals surface area contributed by atoms with Gasteiger partial charge in [-0.3, -0.25) is 4.79 Å². The number of carbonyl (C=O) groups is 1. The predicted octanol–water partition coefficient (Wildman–Crippen LogP) is 2.91. The number of benzene rings is 1. The molecule has 0 fully saturated rings. The first-order valence-corrected chi connectivity index (χ1v) is 6.11. The third-order valence-corrected chi connectivity index (χ3v) is 2.81. The van der Waals surface area contributed by atoms with Gasteiger partial charge in [-0.25, -0.2) is 0 Å². The summed E-state index contributed by atoms with van der Waals surface area (Å²) < 4.78 is 15.6. The molecule has 0 bridgehead atoms. The van der Waals surface area contributed by atoms with Crippen LogP contribution < -0.4 is 14.2 Å². The van der Waals surface area contributed by atoms with Gasteiger partial charge in [0.05, 0.1) is 26.9 Å². The Kier molecular flexibility index (Phi) is 5.78. The van der Waals surface area contributed by atoms with Crippen molar-refractivity contribution in [2.45, 2.75) is 12.8 Å². The molecule has 0 atom stereocenters. The molecule has 0 aliphatic heterocycles. The molecule has 0 N–H and O–H groups in total.